The van der Waals surface area contributed by atoms with Gasteiger partial charge in [0.15, 0.2) is 0 Å². The van der Waals surface area contributed by atoms with E-state index < -0.39 is 0 Å². The molecule has 2 nitrogen and oxygen atoms in total. The Morgan fingerprint density at radius 2 is 1.73 bits per heavy atom. The first kappa shape index (κ1) is 9.06. The summed E-state index contributed by atoms with van der Waals surface area (Å²) < 4.78 is 1.21. The standard InChI is InChI=1S/C7H3I2NO/c8-5-1-4(3-10)2-6(9)7(5)11/h1-2,11H/p-1. The van der Waals surface area contributed by atoms with Gasteiger partial charge in [-0.25, -0.2) is 0 Å². The molecule has 0 amide bonds. The summed E-state index contributed by atoms with van der Waals surface area (Å²) in [6.45, 7) is 0. The second kappa shape index (κ2) is 3.58. The molecule has 0 aromatic heterocycles. The Kier molecular flexibility index (Phi) is 2.95. The molecule has 4 heteroatoms. The number of hydrogen-bond donors (Lipinski definition) is 0. The Balaban J connectivity index is 3.35. The van der Waals surface area contributed by atoms with E-state index in [1.165, 1.54) is 0 Å². The van der Waals surface area contributed by atoms with E-state index in [2.05, 4.69) is 0 Å². The van der Waals surface area contributed by atoms with E-state index in [4.69, 9.17) is 5.26 Å². The molecule has 0 fully saturated rings. The number of halogens is 2. The third-order valence-corrected chi connectivity index (χ3v) is 2.73. The van der Waals surface area contributed by atoms with Crippen LogP contribution in [0.3, 0.4) is 0 Å². The fraction of sp³-hybridized carbons (Fsp3) is 0. The molecule has 0 atom stereocenters. The second-order valence-corrected chi connectivity index (χ2v) is 4.21. The maximum atomic E-state index is 11.1. The number of nitrogens with zero attached hydrogens (tertiary/aromatic N) is 1. The summed E-state index contributed by atoms with van der Waals surface area (Å²) in [4.78, 5) is 0. The minimum absolute atomic E-state index is 0.00481. The molecule has 0 spiro atoms. The molecule has 0 aliphatic heterocycles. The van der Waals surface area contributed by atoms with Crippen LogP contribution in [-0.2, 0) is 0 Å². The van der Waals surface area contributed by atoms with Crippen LogP contribution in [0.15, 0.2) is 12.1 Å². The van der Waals surface area contributed by atoms with Crippen LogP contribution in [0.5, 0.6) is 5.75 Å². The SMILES string of the molecule is N#Cc1cc(I)c([O-])c(I)c1. The smallest absolute Gasteiger partial charge is 0.0992 e. The van der Waals surface area contributed by atoms with Crippen molar-refractivity contribution in [3.8, 4) is 11.8 Å². The average Bonchev–Trinajstić information content (AvgIpc) is 1.99. The lowest BCUT2D eigenvalue weighted by Crippen LogP contribution is -1.97. The van der Waals surface area contributed by atoms with Crippen molar-refractivity contribution in [1.82, 2.24) is 0 Å². The van der Waals surface area contributed by atoms with Gasteiger partial charge in [-0.1, -0.05) is 5.75 Å². The number of hydrogen-bond acceptors (Lipinski definition) is 2. The molecular formula is C7H2I2NO-. The van der Waals surface area contributed by atoms with Crippen LogP contribution in [0.25, 0.3) is 0 Å². The van der Waals surface area contributed by atoms with E-state index in [-0.39, 0.29) is 5.75 Å². The van der Waals surface area contributed by atoms with Gasteiger partial charge in [0.1, 0.15) is 0 Å². The fourth-order valence-corrected chi connectivity index (χ4v) is 2.39. The number of benzene rings is 1. The molecule has 1 rings (SSSR count). The molecule has 11 heavy (non-hydrogen) atoms. The van der Waals surface area contributed by atoms with Gasteiger partial charge in [0.25, 0.3) is 0 Å². The summed E-state index contributed by atoms with van der Waals surface area (Å²) in [5, 5.41) is 19.6. The first-order valence-electron chi connectivity index (χ1n) is 2.71. The van der Waals surface area contributed by atoms with Crippen molar-refractivity contribution in [3.63, 3.8) is 0 Å². The second-order valence-electron chi connectivity index (χ2n) is 1.88. The number of rotatable bonds is 0. The van der Waals surface area contributed by atoms with Crippen molar-refractivity contribution >= 4 is 45.2 Å². The molecule has 0 aliphatic carbocycles. The molecule has 0 unspecified atom stereocenters. The zero-order valence-electron chi connectivity index (χ0n) is 5.27. The lowest BCUT2D eigenvalue weighted by Gasteiger charge is -2.10. The molecule has 0 bridgehead atoms. The summed E-state index contributed by atoms with van der Waals surface area (Å²) in [6.07, 6.45) is 0. The monoisotopic (exact) mass is 370 g/mol. The molecule has 0 heterocycles. The summed E-state index contributed by atoms with van der Waals surface area (Å²) in [5.41, 5.74) is 0.540. The molecule has 1 aromatic rings. The first-order valence-corrected chi connectivity index (χ1v) is 4.87. The largest absolute Gasteiger partial charge is 0.871 e. The average molecular weight is 370 g/mol. The van der Waals surface area contributed by atoms with E-state index in [9.17, 15) is 5.11 Å². The minimum Gasteiger partial charge on any atom is -0.871 e. The lowest BCUT2D eigenvalue weighted by atomic mass is 10.2. The van der Waals surface area contributed by atoms with Gasteiger partial charge in [0.05, 0.1) is 11.6 Å². The van der Waals surface area contributed by atoms with Crippen LogP contribution in [-0.4, -0.2) is 0 Å². The van der Waals surface area contributed by atoms with E-state index in [1.54, 1.807) is 12.1 Å². The van der Waals surface area contributed by atoms with Crippen molar-refractivity contribution in [2.75, 3.05) is 0 Å². The van der Waals surface area contributed by atoms with Gasteiger partial charge in [-0.05, 0) is 57.3 Å². The Morgan fingerprint density at radius 3 is 2.09 bits per heavy atom. The van der Waals surface area contributed by atoms with Gasteiger partial charge in [-0.15, -0.1) is 0 Å². The van der Waals surface area contributed by atoms with Gasteiger partial charge in [0.2, 0.25) is 0 Å². The zero-order chi connectivity index (χ0) is 8.43. The Labute approximate surface area is 91.5 Å². The van der Waals surface area contributed by atoms with Crippen molar-refractivity contribution in [3.05, 3.63) is 24.8 Å². The summed E-state index contributed by atoms with van der Waals surface area (Å²) in [5.74, 6) is 0.00481. The molecular weight excluding hydrogens is 368 g/mol. The molecule has 56 valence electrons. The van der Waals surface area contributed by atoms with Crippen LogP contribution in [0.1, 0.15) is 5.56 Å². The highest BCUT2D eigenvalue weighted by atomic mass is 127. The lowest BCUT2D eigenvalue weighted by molar-refractivity contribution is -0.271. The van der Waals surface area contributed by atoms with Crippen LogP contribution >= 0.6 is 45.2 Å². The fourth-order valence-electron chi connectivity index (χ4n) is 0.624. The summed E-state index contributed by atoms with van der Waals surface area (Å²) >= 11 is 3.86. The van der Waals surface area contributed by atoms with Crippen LogP contribution in [0.2, 0.25) is 0 Å². The van der Waals surface area contributed by atoms with Crippen LogP contribution in [0, 0.1) is 18.5 Å². The molecule has 0 N–H and O–H groups in total. The van der Waals surface area contributed by atoms with Gasteiger partial charge in [-0.3, -0.25) is 0 Å². The van der Waals surface area contributed by atoms with Gasteiger partial charge in [-0.2, -0.15) is 5.26 Å². The molecule has 0 radical (unpaired) electrons. The predicted molar refractivity (Wildman–Crippen MR) is 56.0 cm³/mol. The van der Waals surface area contributed by atoms with E-state index >= 15 is 0 Å². The van der Waals surface area contributed by atoms with Crippen molar-refractivity contribution in [2.24, 2.45) is 0 Å². The van der Waals surface area contributed by atoms with Gasteiger partial charge < -0.3 is 5.11 Å². The van der Waals surface area contributed by atoms with Crippen LogP contribution < -0.4 is 5.11 Å². The third-order valence-electron chi connectivity index (χ3n) is 1.13. The Morgan fingerprint density at radius 1 is 1.27 bits per heavy atom. The van der Waals surface area contributed by atoms with Gasteiger partial charge >= 0.3 is 0 Å². The topological polar surface area (TPSA) is 46.8 Å². The quantitative estimate of drug-likeness (QED) is 0.655. The normalized spacial score (nSPS) is 9.18. The van der Waals surface area contributed by atoms with Crippen molar-refractivity contribution in [1.29, 1.82) is 5.26 Å². The highest BCUT2D eigenvalue weighted by molar-refractivity contribution is 14.1. The van der Waals surface area contributed by atoms with E-state index in [0.29, 0.717) is 12.7 Å². The van der Waals surface area contributed by atoms with E-state index in [0.717, 1.165) is 0 Å². The van der Waals surface area contributed by atoms with Crippen LogP contribution in [0.4, 0.5) is 0 Å². The van der Waals surface area contributed by atoms with Crippen molar-refractivity contribution in [2.45, 2.75) is 0 Å². The highest BCUT2D eigenvalue weighted by Gasteiger charge is 1.97. The summed E-state index contributed by atoms with van der Waals surface area (Å²) in [7, 11) is 0. The number of nitriles is 1. The maximum absolute atomic E-state index is 11.1. The zero-order valence-corrected chi connectivity index (χ0v) is 9.58. The summed E-state index contributed by atoms with van der Waals surface area (Å²) in [6, 6.07) is 5.16. The molecule has 1 aromatic carbocycles. The highest BCUT2D eigenvalue weighted by Crippen LogP contribution is 2.24. The first-order chi connectivity index (χ1) is 5.15. The maximum Gasteiger partial charge on any atom is 0.0992 e. The third kappa shape index (κ3) is 1.96. The van der Waals surface area contributed by atoms with Gasteiger partial charge in [0, 0.05) is 7.14 Å². The predicted octanol–water partition coefficient (Wildman–Crippen LogP) is 1.84. The van der Waals surface area contributed by atoms with Crippen molar-refractivity contribution < 1.29 is 5.11 Å². The molecule has 0 saturated heterocycles. The molecule has 0 aliphatic rings. The minimum atomic E-state index is 0.00481. The van der Waals surface area contributed by atoms with E-state index in [1.807, 2.05) is 51.3 Å². The Hall–Kier alpha value is -0.0300. The molecule has 0 saturated carbocycles. The Bertz CT molecular complexity index is 307.